The number of hydrogen-bond donors (Lipinski definition) is 1. The van der Waals surface area contributed by atoms with Gasteiger partial charge in [-0.15, -0.1) is 0 Å². The van der Waals surface area contributed by atoms with Gasteiger partial charge in [-0.2, -0.15) is 0 Å². The van der Waals surface area contributed by atoms with Crippen LogP contribution in [0, 0.1) is 6.92 Å². The molecule has 0 saturated heterocycles. The second-order valence-corrected chi connectivity index (χ2v) is 4.41. The first-order chi connectivity index (χ1) is 8.15. The highest BCUT2D eigenvalue weighted by atomic mass is 35.5. The maximum Gasteiger partial charge on any atom is 0.130 e. The third-order valence-corrected chi connectivity index (χ3v) is 3.44. The summed E-state index contributed by atoms with van der Waals surface area (Å²) in [6.07, 6.45) is 3.70. The van der Waals surface area contributed by atoms with Crippen LogP contribution in [0.3, 0.4) is 0 Å². The second-order valence-electron chi connectivity index (χ2n) is 4.03. The van der Waals surface area contributed by atoms with Crippen LogP contribution in [0.5, 0.6) is 0 Å². The molecule has 4 heteroatoms. The molecule has 0 aliphatic heterocycles. The topological polar surface area (TPSA) is 43.8 Å². The van der Waals surface area contributed by atoms with Crippen LogP contribution in [0.1, 0.15) is 29.9 Å². The van der Waals surface area contributed by atoms with Crippen LogP contribution in [0.4, 0.5) is 0 Å². The van der Waals surface area contributed by atoms with Gasteiger partial charge in [0.15, 0.2) is 0 Å². The second kappa shape index (κ2) is 4.90. The Balaban J connectivity index is 2.44. The van der Waals surface area contributed by atoms with Crippen molar-refractivity contribution in [1.82, 2.24) is 9.55 Å². The Morgan fingerprint density at radius 1 is 1.47 bits per heavy atom. The van der Waals surface area contributed by atoms with Crippen LogP contribution >= 0.6 is 11.6 Å². The van der Waals surface area contributed by atoms with Crippen molar-refractivity contribution in [2.75, 3.05) is 0 Å². The molecule has 0 bridgehead atoms. The largest absolute Gasteiger partial charge is 0.334 e. The predicted molar refractivity (Wildman–Crippen MR) is 70.1 cm³/mol. The Kier molecular flexibility index (Phi) is 3.50. The minimum Gasteiger partial charge on any atom is -0.334 e. The SMILES string of the molecule is CCn1ccnc1C(N)c1cccc(C)c1Cl. The lowest BCUT2D eigenvalue weighted by Crippen LogP contribution is -2.18. The minimum atomic E-state index is -0.280. The number of nitrogens with zero attached hydrogens (tertiary/aromatic N) is 2. The van der Waals surface area contributed by atoms with E-state index in [1.165, 1.54) is 0 Å². The molecule has 0 amide bonds. The summed E-state index contributed by atoms with van der Waals surface area (Å²) < 4.78 is 2.03. The van der Waals surface area contributed by atoms with Crippen molar-refractivity contribution >= 4 is 11.6 Å². The van der Waals surface area contributed by atoms with E-state index < -0.39 is 0 Å². The third kappa shape index (κ3) is 2.21. The lowest BCUT2D eigenvalue weighted by Gasteiger charge is -2.15. The molecule has 2 N–H and O–H groups in total. The number of benzene rings is 1. The molecule has 0 aliphatic carbocycles. The van der Waals surface area contributed by atoms with Gasteiger partial charge in [0.25, 0.3) is 0 Å². The Morgan fingerprint density at radius 2 is 2.24 bits per heavy atom. The summed E-state index contributed by atoms with van der Waals surface area (Å²) in [7, 11) is 0. The maximum atomic E-state index is 6.28. The van der Waals surface area contributed by atoms with Gasteiger partial charge in [0.2, 0.25) is 0 Å². The highest BCUT2D eigenvalue weighted by molar-refractivity contribution is 6.32. The van der Waals surface area contributed by atoms with E-state index in [-0.39, 0.29) is 6.04 Å². The summed E-state index contributed by atoms with van der Waals surface area (Å²) in [5, 5.41) is 0.727. The fourth-order valence-electron chi connectivity index (χ4n) is 1.92. The molecule has 1 heterocycles. The predicted octanol–water partition coefficient (Wildman–Crippen LogP) is 2.91. The molecule has 0 aliphatic rings. The van der Waals surface area contributed by atoms with Crippen molar-refractivity contribution in [3.8, 4) is 0 Å². The molecular formula is C13H16ClN3. The molecule has 0 spiro atoms. The van der Waals surface area contributed by atoms with Gasteiger partial charge in [-0.05, 0) is 25.0 Å². The van der Waals surface area contributed by atoms with Crippen LogP contribution in [-0.4, -0.2) is 9.55 Å². The fraction of sp³-hybridized carbons (Fsp3) is 0.308. The Bertz CT molecular complexity index is 519. The van der Waals surface area contributed by atoms with E-state index >= 15 is 0 Å². The highest BCUT2D eigenvalue weighted by Gasteiger charge is 2.17. The average Bonchev–Trinajstić information content (AvgIpc) is 2.80. The highest BCUT2D eigenvalue weighted by Crippen LogP contribution is 2.28. The molecule has 1 unspecified atom stereocenters. The molecule has 1 atom stereocenters. The molecule has 2 rings (SSSR count). The van der Waals surface area contributed by atoms with Crippen LogP contribution in [0.25, 0.3) is 0 Å². The molecule has 1 aromatic carbocycles. The lowest BCUT2D eigenvalue weighted by molar-refractivity contribution is 0.656. The molecular weight excluding hydrogens is 234 g/mol. The number of imidazole rings is 1. The first-order valence-electron chi connectivity index (χ1n) is 5.66. The van der Waals surface area contributed by atoms with Gasteiger partial charge in [0.1, 0.15) is 5.82 Å². The summed E-state index contributed by atoms with van der Waals surface area (Å²) >= 11 is 6.28. The summed E-state index contributed by atoms with van der Waals surface area (Å²) in [6.45, 7) is 4.90. The molecule has 1 aromatic heterocycles. The van der Waals surface area contributed by atoms with Crippen molar-refractivity contribution in [3.05, 3.63) is 52.6 Å². The van der Waals surface area contributed by atoms with E-state index in [2.05, 4.69) is 11.9 Å². The van der Waals surface area contributed by atoms with Crippen molar-refractivity contribution < 1.29 is 0 Å². The third-order valence-electron chi connectivity index (χ3n) is 2.92. The average molecular weight is 250 g/mol. The van der Waals surface area contributed by atoms with E-state index in [9.17, 15) is 0 Å². The molecule has 0 fully saturated rings. The zero-order valence-electron chi connectivity index (χ0n) is 10.0. The van der Waals surface area contributed by atoms with E-state index in [1.807, 2.05) is 35.9 Å². The van der Waals surface area contributed by atoms with Crippen molar-refractivity contribution in [3.63, 3.8) is 0 Å². The van der Waals surface area contributed by atoms with E-state index in [0.717, 1.165) is 28.5 Å². The summed E-state index contributed by atoms with van der Waals surface area (Å²) in [4.78, 5) is 4.31. The molecule has 90 valence electrons. The molecule has 2 aromatic rings. The number of aromatic nitrogens is 2. The van der Waals surface area contributed by atoms with Gasteiger partial charge in [-0.25, -0.2) is 4.98 Å². The molecule has 3 nitrogen and oxygen atoms in total. The standard InChI is InChI=1S/C13H16ClN3/c1-3-17-8-7-16-13(17)12(15)10-6-4-5-9(2)11(10)14/h4-8,12H,3,15H2,1-2H3. The zero-order valence-corrected chi connectivity index (χ0v) is 10.8. The quantitative estimate of drug-likeness (QED) is 0.909. The van der Waals surface area contributed by atoms with Gasteiger partial charge in [0, 0.05) is 24.0 Å². The summed E-state index contributed by atoms with van der Waals surface area (Å²) in [5.41, 5.74) is 8.20. The summed E-state index contributed by atoms with van der Waals surface area (Å²) in [6, 6.07) is 5.62. The van der Waals surface area contributed by atoms with Crippen molar-refractivity contribution in [2.45, 2.75) is 26.4 Å². The van der Waals surface area contributed by atoms with Crippen LogP contribution < -0.4 is 5.73 Å². The molecule has 0 radical (unpaired) electrons. The number of halogens is 1. The Hall–Kier alpha value is -1.32. The number of aryl methyl sites for hydroxylation is 2. The molecule has 0 saturated carbocycles. The first kappa shape index (κ1) is 12.1. The van der Waals surface area contributed by atoms with Gasteiger partial charge in [-0.1, -0.05) is 29.8 Å². The van der Waals surface area contributed by atoms with Crippen LogP contribution in [-0.2, 0) is 6.54 Å². The Labute approximate surface area is 106 Å². The van der Waals surface area contributed by atoms with Crippen LogP contribution in [0.15, 0.2) is 30.6 Å². The fourth-order valence-corrected chi connectivity index (χ4v) is 2.16. The smallest absolute Gasteiger partial charge is 0.130 e. The minimum absolute atomic E-state index is 0.280. The normalized spacial score (nSPS) is 12.7. The van der Waals surface area contributed by atoms with Gasteiger partial charge < -0.3 is 10.3 Å². The van der Waals surface area contributed by atoms with E-state index in [0.29, 0.717) is 0 Å². The Morgan fingerprint density at radius 3 is 2.94 bits per heavy atom. The molecule has 17 heavy (non-hydrogen) atoms. The van der Waals surface area contributed by atoms with Crippen molar-refractivity contribution in [2.24, 2.45) is 5.73 Å². The number of nitrogens with two attached hydrogens (primary N) is 1. The van der Waals surface area contributed by atoms with Gasteiger partial charge in [-0.3, -0.25) is 0 Å². The van der Waals surface area contributed by atoms with E-state index in [1.54, 1.807) is 6.20 Å². The van der Waals surface area contributed by atoms with Gasteiger partial charge in [0.05, 0.1) is 6.04 Å². The summed E-state index contributed by atoms with van der Waals surface area (Å²) in [5.74, 6) is 0.847. The lowest BCUT2D eigenvalue weighted by atomic mass is 10.0. The van der Waals surface area contributed by atoms with Crippen molar-refractivity contribution in [1.29, 1.82) is 0 Å². The van der Waals surface area contributed by atoms with Gasteiger partial charge >= 0.3 is 0 Å². The number of rotatable bonds is 3. The number of hydrogen-bond acceptors (Lipinski definition) is 2. The maximum absolute atomic E-state index is 6.28. The first-order valence-corrected chi connectivity index (χ1v) is 6.04. The zero-order chi connectivity index (χ0) is 12.4. The monoisotopic (exact) mass is 249 g/mol. The van der Waals surface area contributed by atoms with E-state index in [4.69, 9.17) is 17.3 Å². The van der Waals surface area contributed by atoms with Crippen LogP contribution in [0.2, 0.25) is 5.02 Å².